The smallest absolute Gasteiger partial charge is 0.282 e. The maximum atomic E-state index is 11.3. The summed E-state index contributed by atoms with van der Waals surface area (Å²) in [6.45, 7) is 4.47. The molecule has 0 aliphatic rings. The Morgan fingerprint density at radius 2 is 1.14 bits per heavy atom. The first-order valence-electron chi connectivity index (χ1n) is 11.2. The van der Waals surface area contributed by atoms with Crippen molar-refractivity contribution in [1.82, 2.24) is 0 Å². The number of nitrogens with one attached hydrogen (secondary N) is 1. The zero-order valence-corrected chi connectivity index (χ0v) is 19.6. The third-order valence-corrected chi connectivity index (χ3v) is 5.80. The van der Waals surface area contributed by atoms with Gasteiger partial charge in [0.1, 0.15) is 24.6 Å². The Balaban J connectivity index is 1.67. The van der Waals surface area contributed by atoms with Crippen LogP contribution in [0.2, 0.25) is 0 Å². The van der Waals surface area contributed by atoms with Crippen molar-refractivity contribution >= 4 is 24.2 Å². The fourth-order valence-electron chi connectivity index (χ4n) is 4.14. The molecule has 4 rings (SSSR count). The maximum Gasteiger partial charge on any atom is 0.282 e. The van der Waals surface area contributed by atoms with Gasteiger partial charge in [-0.15, -0.1) is 0 Å². The van der Waals surface area contributed by atoms with Gasteiger partial charge in [-0.3, -0.25) is 9.59 Å². The molecule has 0 aliphatic carbocycles. The Kier molecular flexibility index (Phi) is 6.87. The Hall–Kier alpha value is -4.52. The minimum Gasteiger partial charge on any atom is -0.507 e. The molecule has 2 heterocycles. The number of phenols is 2. The van der Waals surface area contributed by atoms with Crippen LogP contribution in [0.3, 0.4) is 0 Å². The number of nitrogens with zero attached hydrogens (tertiary/aromatic N) is 2. The zero-order chi connectivity index (χ0) is 24.9. The number of aromatic nitrogens is 2. The molecule has 0 saturated heterocycles. The molecule has 7 heteroatoms. The van der Waals surface area contributed by atoms with E-state index in [-0.39, 0.29) is 22.6 Å². The van der Waals surface area contributed by atoms with E-state index < -0.39 is 0 Å². The molecule has 4 aromatic rings. The first-order valence-corrected chi connectivity index (χ1v) is 11.2. The van der Waals surface area contributed by atoms with Gasteiger partial charge in [-0.2, -0.15) is 0 Å². The Labute approximate surface area is 203 Å². The van der Waals surface area contributed by atoms with Crippen LogP contribution in [0.5, 0.6) is 11.5 Å². The van der Waals surface area contributed by atoms with Gasteiger partial charge in [-0.25, -0.2) is 14.5 Å². The molecule has 176 valence electrons. The monoisotopic (exact) mass is 469 g/mol. The topological polar surface area (TPSA) is 94.4 Å². The molecule has 0 fully saturated rings. The molecule has 0 aliphatic heterocycles. The average molecular weight is 470 g/mol. The molecule has 0 bridgehead atoms. The number of hydrogen-bond donors (Lipinski definition) is 3. The summed E-state index contributed by atoms with van der Waals surface area (Å²) >= 11 is 0. The van der Waals surface area contributed by atoms with E-state index in [1.807, 2.05) is 83.9 Å². The molecule has 2 aromatic heterocycles. The summed E-state index contributed by atoms with van der Waals surface area (Å²) in [5, 5.41) is 24.5. The van der Waals surface area contributed by atoms with Gasteiger partial charge in [0.15, 0.2) is 12.6 Å². The highest BCUT2D eigenvalue weighted by Crippen LogP contribution is 2.25. The van der Waals surface area contributed by atoms with Crippen molar-refractivity contribution in [1.29, 1.82) is 0 Å². The fraction of sp³-hybridized carbons (Fsp3) is 0.143. The number of pyridine rings is 2. The van der Waals surface area contributed by atoms with Crippen LogP contribution in [0.4, 0.5) is 11.6 Å². The number of hydrogen-bond acceptors (Lipinski definition) is 5. The maximum absolute atomic E-state index is 11.3. The summed E-state index contributed by atoms with van der Waals surface area (Å²) in [4.78, 5) is 22.7. The lowest BCUT2D eigenvalue weighted by atomic mass is 10.1. The third-order valence-electron chi connectivity index (χ3n) is 5.80. The number of aldehydes is 2. The number of aromatic hydroxyl groups is 2. The molecular weight excluding hydrogens is 442 g/mol. The van der Waals surface area contributed by atoms with Gasteiger partial charge in [0.05, 0.1) is 23.5 Å². The van der Waals surface area contributed by atoms with Gasteiger partial charge in [0.25, 0.3) is 11.6 Å². The van der Waals surface area contributed by atoms with Crippen molar-refractivity contribution in [2.24, 2.45) is 0 Å². The van der Waals surface area contributed by atoms with E-state index >= 15 is 0 Å². The van der Waals surface area contributed by atoms with Gasteiger partial charge < -0.3 is 10.2 Å². The van der Waals surface area contributed by atoms with Gasteiger partial charge in [0.2, 0.25) is 0 Å². The number of benzene rings is 2. The average Bonchev–Trinajstić information content (AvgIpc) is 2.85. The van der Waals surface area contributed by atoms with Gasteiger partial charge in [-0.05, 0) is 61.4 Å². The summed E-state index contributed by atoms with van der Waals surface area (Å²) in [6, 6.07) is 18.5. The molecule has 0 atom stereocenters. The SMILES string of the molecule is Cc1cc(C=O)c(O)c(C[n+]2ccccc2Nc2cccc[n+]2Cc2cc(C)cc(C=O)c2O)c1. The van der Waals surface area contributed by atoms with Gasteiger partial charge in [-0.1, -0.05) is 12.1 Å². The van der Waals surface area contributed by atoms with Crippen molar-refractivity contribution < 1.29 is 28.9 Å². The van der Waals surface area contributed by atoms with Crippen LogP contribution < -0.4 is 14.5 Å². The highest BCUT2D eigenvalue weighted by molar-refractivity contribution is 5.81. The molecule has 3 N–H and O–H groups in total. The van der Waals surface area contributed by atoms with E-state index in [1.54, 1.807) is 12.1 Å². The second kappa shape index (κ2) is 10.2. The minimum absolute atomic E-state index is 0.0245. The summed E-state index contributed by atoms with van der Waals surface area (Å²) in [5.41, 5.74) is 3.58. The summed E-state index contributed by atoms with van der Waals surface area (Å²) in [6.07, 6.45) is 5.09. The normalized spacial score (nSPS) is 10.7. The van der Waals surface area contributed by atoms with E-state index in [9.17, 15) is 19.8 Å². The van der Waals surface area contributed by atoms with Crippen molar-refractivity contribution in [2.45, 2.75) is 26.9 Å². The second-order valence-corrected chi connectivity index (χ2v) is 8.51. The lowest BCUT2D eigenvalue weighted by molar-refractivity contribution is -0.682. The lowest BCUT2D eigenvalue weighted by Crippen LogP contribution is -2.41. The Bertz CT molecular complexity index is 1310. The molecule has 2 aromatic carbocycles. The standard InChI is InChI=1S/C28H25N3O4/c1-19-11-21(27(34)23(13-19)17-32)15-30-9-5-3-7-25(30)29-26-8-4-6-10-31(26)16-22-12-20(2)14-24(18-33)28(22)35/h3-14,17-18H,15-16H2,1-2H3,(H-,32,33,34,35)/p+2. The fourth-order valence-corrected chi connectivity index (χ4v) is 4.14. The quantitative estimate of drug-likeness (QED) is 0.270. The molecule has 0 saturated carbocycles. The van der Waals surface area contributed by atoms with E-state index in [2.05, 4.69) is 5.32 Å². The zero-order valence-electron chi connectivity index (χ0n) is 19.6. The molecule has 0 amide bonds. The molecule has 7 nitrogen and oxygen atoms in total. The van der Waals surface area contributed by atoms with Crippen molar-refractivity contribution in [3.63, 3.8) is 0 Å². The largest absolute Gasteiger partial charge is 0.507 e. The number of carbonyl (C=O) groups excluding carboxylic acids is 2. The van der Waals surface area contributed by atoms with E-state index in [0.29, 0.717) is 36.8 Å². The van der Waals surface area contributed by atoms with Crippen LogP contribution in [0.25, 0.3) is 0 Å². The molecule has 0 radical (unpaired) electrons. The van der Waals surface area contributed by atoms with Gasteiger partial charge >= 0.3 is 0 Å². The van der Waals surface area contributed by atoms with E-state index in [4.69, 9.17) is 0 Å². The number of carbonyl (C=O) groups is 2. The number of aryl methyl sites for hydroxylation is 2. The predicted molar refractivity (Wildman–Crippen MR) is 131 cm³/mol. The number of rotatable bonds is 8. The first-order chi connectivity index (χ1) is 16.9. The van der Waals surface area contributed by atoms with E-state index in [0.717, 1.165) is 22.8 Å². The third kappa shape index (κ3) is 5.19. The van der Waals surface area contributed by atoms with Crippen molar-refractivity contribution in [3.8, 4) is 11.5 Å². The lowest BCUT2D eigenvalue weighted by Gasteiger charge is -2.12. The Morgan fingerprint density at radius 1 is 0.714 bits per heavy atom. The van der Waals surface area contributed by atoms with Crippen LogP contribution in [0.15, 0.2) is 73.1 Å². The molecule has 35 heavy (non-hydrogen) atoms. The summed E-state index contributed by atoms with van der Waals surface area (Å²) < 4.78 is 3.88. The molecule has 0 unspecified atom stereocenters. The van der Waals surface area contributed by atoms with Crippen LogP contribution >= 0.6 is 0 Å². The number of phenolic OH excluding ortho intramolecular Hbond substituents is 2. The first kappa shape index (κ1) is 23.6. The van der Waals surface area contributed by atoms with Gasteiger partial charge in [0, 0.05) is 23.3 Å². The summed E-state index contributed by atoms with van der Waals surface area (Å²) in [5.74, 6) is 1.48. The Morgan fingerprint density at radius 3 is 1.54 bits per heavy atom. The van der Waals surface area contributed by atoms with Crippen molar-refractivity contribution in [3.05, 3.63) is 106 Å². The summed E-state index contributed by atoms with van der Waals surface area (Å²) in [7, 11) is 0. The minimum atomic E-state index is -0.0245. The molecule has 0 spiro atoms. The highest BCUT2D eigenvalue weighted by Gasteiger charge is 2.19. The molecular formula is C28H27N3O4+2. The predicted octanol–water partition coefficient (Wildman–Crippen LogP) is 3.75. The van der Waals surface area contributed by atoms with Crippen LogP contribution in [0, 0.1) is 13.8 Å². The van der Waals surface area contributed by atoms with Crippen molar-refractivity contribution in [2.75, 3.05) is 5.32 Å². The second-order valence-electron chi connectivity index (χ2n) is 8.51. The number of anilines is 2. The highest BCUT2D eigenvalue weighted by atomic mass is 16.3. The van der Waals surface area contributed by atoms with Crippen LogP contribution in [-0.2, 0) is 13.1 Å². The van der Waals surface area contributed by atoms with Crippen LogP contribution in [-0.4, -0.2) is 22.8 Å². The van der Waals surface area contributed by atoms with E-state index in [1.165, 1.54) is 0 Å². The van der Waals surface area contributed by atoms with Crippen LogP contribution in [0.1, 0.15) is 43.0 Å².